The fourth-order valence-electron chi connectivity index (χ4n) is 2.00. The first kappa shape index (κ1) is 16.2. The fraction of sp³-hybridized carbons (Fsp3) is 0.235. The van der Waals surface area contributed by atoms with Crippen molar-refractivity contribution in [3.05, 3.63) is 58.6 Å². The number of halogens is 1. The van der Waals surface area contributed by atoms with Crippen molar-refractivity contribution >= 4 is 23.3 Å². The monoisotopic (exact) mass is 319 g/mol. The van der Waals surface area contributed by atoms with Crippen LogP contribution in [0.3, 0.4) is 0 Å². The van der Waals surface area contributed by atoms with E-state index in [-0.39, 0.29) is 5.56 Å². The van der Waals surface area contributed by atoms with Gasteiger partial charge in [-0.2, -0.15) is 0 Å². The number of carboxylic acids is 1. The Morgan fingerprint density at radius 1 is 1.27 bits per heavy atom. The van der Waals surface area contributed by atoms with Gasteiger partial charge < -0.3 is 15.2 Å². The molecule has 0 aromatic heterocycles. The maximum absolute atomic E-state index is 11.0. The van der Waals surface area contributed by atoms with Crippen molar-refractivity contribution < 1.29 is 14.6 Å². The third-order valence-corrected chi connectivity index (χ3v) is 3.31. The zero-order valence-electron chi connectivity index (χ0n) is 12.3. The van der Waals surface area contributed by atoms with Crippen molar-refractivity contribution in [1.29, 1.82) is 0 Å². The van der Waals surface area contributed by atoms with E-state index >= 15 is 0 Å². The van der Waals surface area contributed by atoms with Gasteiger partial charge in [0.15, 0.2) is 0 Å². The standard InChI is InChI=1S/C17H18ClNO3/c1-2-8-22-16-7-6-14(18)9-13(16)11-19-15-5-3-4-12(10-15)17(20)21/h3-7,9-10,19H,2,8,11H2,1H3,(H,20,21). The molecule has 22 heavy (non-hydrogen) atoms. The normalized spacial score (nSPS) is 10.3. The summed E-state index contributed by atoms with van der Waals surface area (Å²) in [6.45, 7) is 3.19. The minimum atomic E-state index is -0.946. The van der Waals surface area contributed by atoms with Gasteiger partial charge in [0, 0.05) is 22.8 Å². The first-order chi connectivity index (χ1) is 10.6. The number of aromatic carboxylic acids is 1. The van der Waals surface area contributed by atoms with Crippen molar-refractivity contribution in [3.8, 4) is 5.75 Å². The maximum Gasteiger partial charge on any atom is 0.335 e. The van der Waals surface area contributed by atoms with E-state index in [0.717, 1.165) is 23.4 Å². The molecule has 0 unspecified atom stereocenters. The number of benzene rings is 2. The van der Waals surface area contributed by atoms with Crippen LogP contribution in [0.5, 0.6) is 5.75 Å². The molecular formula is C17H18ClNO3. The van der Waals surface area contributed by atoms with Crippen molar-refractivity contribution in [2.45, 2.75) is 19.9 Å². The summed E-state index contributed by atoms with van der Waals surface area (Å²) in [5.41, 5.74) is 1.92. The maximum atomic E-state index is 11.0. The highest BCUT2D eigenvalue weighted by Crippen LogP contribution is 2.24. The quantitative estimate of drug-likeness (QED) is 0.792. The molecule has 0 aliphatic carbocycles. The Kier molecular flexibility index (Phi) is 5.67. The molecule has 0 atom stereocenters. The summed E-state index contributed by atoms with van der Waals surface area (Å²) in [5, 5.41) is 12.8. The van der Waals surface area contributed by atoms with Gasteiger partial charge in [0.05, 0.1) is 12.2 Å². The molecule has 0 saturated heterocycles. The van der Waals surface area contributed by atoms with E-state index in [1.807, 2.05) is 25.1 Å². The van der Waals surface area contributed by atoms with Crippen LogP contribution in [-0.4, -0.2) is 17.7 Å². The number of rotatable bonds is 7. The van der Waals surface area contributed by atoms with Gasteiger partial charge in [-0.25, -0.2) is 4.79 Å². The molecule has 0 saturated carbocycles. The van der Waals surface area contributed by atoms with Crippen molar-refractivity contribution in [1.82, 2.24) is 0 Å². The highest BCUT2D eigenvalue weighted by Gasteiger charge is 2.07. The van der Waals surface area contributed by atoms with Gasteiger partial charge in [-0.1, -0.05) is 24.6 Å². The second kappa shape index (κ2) is 7.71. The van der Waals surface area contributed by atoms with Crippen LogP contribution in [0.15, 0.2) is 42.5 Å². The number of nitrogens with one attached hydrogen (secondary N) is 1. The number of anilines is 1. The Labute approximate surface area is 134 Å². The topological polar surface area (TPSA) is 58.6 Å². The Balaban J connectivity index is 2.12. The highest BCUT2D eigenvalue weighted by molar-refractivity contribution is 6.30. The first-order valence-electron chi connectivity index (χ1n) is 7.08. The van der Waals surface area contributed by atoms with Crippen LogP contribution in [-0.2, 0) is 6.54 Å². The summed E-state index contributed by atoms with van der Waals surface area (Å²) in [6, 6.07) is 12.2. The first-order valence-corrected chi connectivity index (χ1v) is 7.46. The number of ether oxygens (including phenoxy) is 1. The summed E-state index contributed by atoms with van der Waals surface area (Å²) in [5.74, 6) is -0.161. The van der Waals surface area contributed by atoms with Gasteiger partial charge >= 0.3 is 5.97 Å². The average Bonchev–Trinajstić information content (AvgIpc) is 2.52. The lowest BCUT2D eigenvalue weighted by molar-refractivity contribution is 0.0697. The molecule has 0 aliphatic rings. The minimum Gasteiger partial charge on any atom is -0.493 e. The number of carbonyl (C=O) groups is 1. The number of hydrogen-bond donors (Lipinski definition) is 2. The van der Waals surface area contributed by atoms with E-state index in [4.69, 9.17) is 21.4 Å². The number of hydrogen-bond acceptors (Lipinski definition) is 3. The largest absolute Gasteiger partial charge is 0.493 e. The molecule has 2 aromatic rings. The van der Waals surface area contributed by atoms with E-state index in [1.54, 1.807) is 24.3 Å². The summed E-state index contributed by atoms with van der Waals surface area (Å²) < 4.78 is 5.70. The Morgan fingerprint density at radius 3 is 2.82 bits per heavy atom. The second-order valence-corrected chi connectivity index (χ2v) is 5.28. The fourth-order valence-corrected chi connectivity index (χ4v) is 2.19. The molecule has 2 aromatic carbocycles. The Hall–Kier alpha value is -2.20. The lowest BCUT2D eigenvalue weighted by atomic mass is 10.1. The second-order valence-electron chi connectivity index (χ2n) is 4.84. The minimum absolute atomic E-state index is 0.249. The van der Waals surface area contributed by atoms with Gasteiger partial charge in [0.2, 0.25) is 0 Å². The van der Waals surface area contributed by atoms with Crippen LogP contribution in [0.1, 0.15) is 29.3 Å². The van der Waals surface area contributed by atoms with E-state index in [1.165, 1.54) is 0 Å². The lowest BCUT2D eigenvalue weighted by Crippen LogP contribution is -2.05. The summed E-state index contributed by atoms with van der Waals surface area (Å²) in [4.78, 5) is 11.0. The molecule has 2 N–H and O–H groups in total. The molecule has 0 amide bonds. The van der Waals surface area contributed by atoms with E-state index < -0.39 is 5.97 Å². The highest BCUT2D eigenvalue weighted by atomic mass is 35.5. The molecular weight excluding hydrogens is 302 g/mol. The van der Waals surface area contributed by atoms with Crippen LogP contribution in [0.4, 0.5) is 5.69 Å². The summed E-state index contributed by atoms with van der Waals surface area (Å²) in [6.07, 6.45) is 0.927. The predicted octanol–water partition coefficient (Wildman–Crippen LogP) is 4.44. The van der Waals surface area contributed by atoms with E-state index in [2.05, 4.69) is 5.32 Å². The van der Waals surface area contributed by atoms with Crippen molar-refractivity contribution in [2.75, 3.05) is 11.9 Å². The van der Waals surface area contributed by atoms with Crippen LogP contribution in [0, 0.1) is 0 Å². The number of carboxylic acid groups (broad SMARTS) is 1. The van der Waals surface area contributed by atoms with Crippen LogP contribution < -0.4 is 10.1 Å². The molecule has 0 fully saturated rings. The molecule has 0 bridgehead atoms. The molecule has 116 valence electrons. The predicted molar refractivity (Wildman–Crippen MR) is 88.0 cm³/mol. The van der Waals surface area contributed by atoms with Gasteiger partial charge in [-0.15, -0.1) is 0 Å². The van der Waals surface area contributed by atoms with Crippen LogP contribution in [0.2, 0.25) is 5.02 Å². The summed E-state index contributed by atoms with van der Waals surface area (Å²) in [7, 11) is 0. The molecule has 2 rings (SSSR count). The van der Waals surface area contributed by atoms with E-state index in [0.29, 0.717) is 18.2 Å². The third kappa shape index (κ3) is 4.40. The molecule has 5 heteroatoms. The Bertz CT molecular complexity index is 658. The Morgan fingerprint density at radius 2 is 2.09 bits per heavy atom. The zero-order chi connectivity index (χ0) is 15.9. The van der Waals surface area contributed by atoms with Crippen molar-refractivity contribution in [2.24, 2.45) is 0 Å². The molecule has 0 heterocycles. The van der Waals surface area contributed by atoms with Gasteiger partial charge in [0.25, 0.3) is 0 Å². The third-order valence-electron chi connectivity index (χ3n) is 3.08. The van der Waals surface area contributed by atoms with E-state index in [9.17, 15) is 4.79 Å². The van der Waals surface area contributed by atoms with Gasteiger partial charge in [-0.3, -0.25) is 0 Å². The van der Waals surface area contributed by atoms with Gasteiger partial charge in [0.1, 0.15) is 5.75 Å². The molecule has 0 radical (unpaired) electrons. The SMILES string of the molecule is CCCOc1ccc(Cl)cc1CNc1cccc(C(=O)O)c1. The molecule has 4 nitrogen and oxygen atoms in total. The average molecular weight is 320 g/mol. The molecule has 0 spiro atoms. The summed E-state index contributed by atoms with van der Waals surface area (Å²) >= 11 is 6.04. The lowest BCUT2D eigenvalue weighted by Gasteiger charge is -2.13. The zero-order valence-corrected chi connectivity index (χ0v) is 13.1. The van der Waals surface area contributed by atoms with Crippen LogP contribution >= 0.6 is 11.6 Å². The van der Waals surface area contributed by atoms with Crippen molar-refractivity contribution in [3.63, 3.8) is 0 Å². The van der Waals surface area contributed by atoms with Gasteiger partial charge in [-0.05, 0) is 42.8 Å². The van der Waals surface area contributed by atoms with Crippen LogP contribution in [0.25, 0.3) is 0 Å². The molecule has 0 aliphatic heterocycles. The smallest absolute Gasteiger partial charge is 0.335 e.